The molecule has 1 amide bonds. The standard InChI is InChI=1S/C16H18N8O3/c1-18-16(25)15-12(27-9-11-7-19-2-3-26-11)4-13(23-24-15)22-14-8-20-10(5-17)6-21-14/h4,6,8,11,19H,2-3,7,9H2,1H3,(H,18,25)(H,21,22,23). The molecule has 27 heavy (non-hydrogen) atoms. The summed E-state index contributed by atoms with van der Waals surface area (Å²) in [6, 6.07) is 3.44. The van der Waals surface area contributed by atoms with E-state index in [1.165, 1.54) is 19.4 Å². The normalized spacial score (nSPS) is 16.2. The number of carbonyl (C=O) groups excluding carboxylic acids is 1. The maximum Gasteiger partial charge on any atom is 0.275 e. The van der Waals surface area contributed by atoms with Crippen molar-refractivity contribution < 1.29 is 14.3 Å². The van der Waals surface area contributed by atoms with Gasteiger partial charge in [0.05, 0.1) is 19.0 Å². The van der Waals surface area contributed by atoms with Gasteiger partial charge in [-0.2, -0.15) is 5.26 Å². The quantitative estimate of drug-likeness (QED) is 0.614. The van der Waals surface area contributed by atoms with Crippen LogP contribution >= 0.6 is 0 Å². The van der Waals surface area contributed by atoms with Gasteiger partial charge in [0, 0.05) is 26.2 Å². The molecule has 2 aromatic heterocycles. The number of hydrogen-bond donors (Lipinski definition) is 3. The fraction of sp³-hybridized carbons (Fsp3) is 0.375. The third kappa shape index (κ3) is 4.84. The Morgan fingerprint density at radius 3 is 2.96 bits per heavy atom. The number of nitrogens with zero attached hydrogens (tertiary/aromatic N) is 5. The van der Waals surface area contributed by atoms with Crippen LogP contribution in [0.15, 0.2) is 18.5 Å². The van der Waals surface area contributed by atoms with Crippen molar-refractivity contribution in [2.45, 2.75) is 6.10 Å². The van der Waals surface area contributed by atoms with E-state index in [0.717, 1.165) is 6.54 Å². The van der Waals surface area contributed by atoms with E-state index < -0.39 is 5.91 Å². The Hall–Kier alpha value is -3.36. The van der Waals surface area contributed by atoms with Crippen molar-refractivity contribution in [3.8, 4) is 11.8 Å². The summed E-state index contributed by atoms with van der Waals surface area (Å²) in [6.45, 7) is 2.34. The van der Waals surface area contributed by atoms with Crippen molar-refractivity contribution in [2.75, 3.05) is 38.7 Å². The topological polar surface area (TPSA) is 147 Å². The minimum Gasteiger partial charge on any atom is -0.488 e. The van der Waals surface area contributed by atoms with Crippen molar-refractivity contribution in [3.05, 3.63) is 29.8 Å². The molecule has 140 valence electrons. The second kappa shape index (κ2) is 8.84. The molecule has 1 aliphatic heterocycles. The molecule has 11 heteroatoms. The first-order chi connectivity index (χ1) is 13.2. The summed E-state index contributed by atoms with van der Waals surface area (Å²) in [6.07, 6.45) is 2.61. The Labute approximate surface area is 155 Å². The summed E-state index contributed by atoms with van der Waals surface area (Å²) in [5, 5.41) is 25.3. The lowest BCUT2D eigenvalue weighted by atomic mass is 10.3. The molecule has 0 bridgehead atoms. The summed E-state index contributed by atoms with van der Waals surface area (Å²) in [7, 11) is 1.50. The number of nitriles is 1. The maximum atomic E-state index is 12.0. The van der Waals surface area contributed by atoms with Crippen LogP contribution in [0.1, 0.15) is 16.2 Å². The number of carbonyl (C=O) groups is 1. The second-order valence-electron chi connectivity index (χ2n) is 5.55. The van der Waals surface area contributed by atoms with Gasteiger partial charge < -0.3 is 25.4 Å². The molecule has 0 aromatic carbocycles. The molecule has 11 nitrogen and oxygen atoms in total. The second-order valence-corrected chi connectivity index (χ2v) is 5.55. The zero-order valence-corrected chi connectivity index (χ0v) is 14.6. The zero-order chi connectivity index (χ0) is 19.1. The van der Waals surface area contributed by atoms with E-state index in [1.54, 1.807) is 6.07 Å². The lowest BCUT2D eigenvalue weighted by Gasteiger charge is -2.23. The van der Waals surface area contributed by atoms with Crippen LogP contribution in [0, 0.1) is 11.3 Å². The highest BCUT2D eigenvalue weighted by Gasteiger charge is 2.19. The first-order valence-corrected chi connectivity index (χ1v) is 8.23. The summed E-state index contributed by atoms with van der Waals surface area (Å²) in [4.78, 5) is 20.0. The molecule has 0 radical (unpaired) electrons. The molecule has 0 spiro atoms. The van der Waals surface area contributed by atoms with E-state index >= 15 is 0 Å². The maximum absolute atomic E-state index is 12.0. The van der Waals surface area contributed by atoms with E-state index in [4.69, 9.17) is 14.7 Å². The van der Waals surface area contributed by atoms with Gasteiger partial charge in [0.2, 0.25) is 0 Å². The molecule has 1 atom stereocenters. The molecule has 3 N–H and O–H groups in total. The van der Waals surface area contributed by atoms with Crippen molar-refractivity contribution >= 4 is 17.5 Å². The third-order valence-corrected chi connectivity index (χ3v) is 3.65. The Balaban J connectivity index is 1.76. The first kappa shape index (κ1) is 18.4. The monoisotopic (exact) mass is 370 g/mol. The Kier molecular flexibility index (Phi) is 6.03. The van der Waals surface area contributed by atoms with E-state index in [9.17, 15) is 4.79 Å². The molecule has 1 saturated heterocycles. The van der Waals surface area contributed by atoms with E-state index in [-0.39, 0.29) is 29.8 Å². The van der Waals surface area contributed by atoms with E-state index in [0.29, 0.717) is 24.8 Å². The number of morpholine rings is 1. The number of nitrogens with one attached hydrogen (secondary N) is 3. The van der Waals surface area contributed by atoms with Gasteiger partial charge in [-0.1, -0.05) is 0 Å². The first-order valence-electron chi connectivity index (χ1n) is 8.23. The minimum atomic E-state index is -0.412. The lowest BCUT2D eigenvalue weighted by molar-refractivity contribution is -0.0000825. The SMILES string of the molecule is CNC(=O)c1nnc(Nc2cnc(C#N)cn2)cc1OCC1CNCCO1. The summed E-state index contributed by atoms with van der Waals surface area (Å²) in [5.74, 6) is 0.550. The number of amides is 1. The lowest BCUT2D eigenvalue weighted by Crippen LogP contribution is -2.41. The van der Waals surface area contributed by atoms with Gasteiger partial charge in [-0.3, -0.25) is 4.79 Å². The highest BCUT2D eigenvalue weighted by atomic mass is 16.5. The van der Waals surface area contributed by atoms with Gasteiger partial charge in [0.25, 0.3) is 5.91 Å². The average Bonchev–Trinajstić information content (AvgIpc) is 2.73. The number of rotatable bonds is 6. The Morgan fingerprint density at radius 1 is 1.41 bits per heavy atom. The fourth-order valence-electron chi connectivity index (χ4n) is 2.31. The minimum absolute atomic E-state index is 0.0673. The predicted molar refractivity (Wildman–Crippen MR) is 93.6 cm³/mol. The van der Waals surface area contributed by atoms with Gasteiger partial charge in [0.1, 0.15) is 24.6 Å². The van der Waals surface area contributed by atoms with E-state index in [1.807, 2.05) is 6.07 Å². The smallest absolute Gasteiger partial charge is 0.275 e. The molecular formula is C16H18N8O3. The van der Waals surface area contributed by atoms with Crippen molar-refractivity contribution in [2.24, 2.45) is 0 Å². The Bertz CT molecular complexity index is 831. The van der Waals surface area contributed by atoms with Crippen LogP contribution in [0.2, 0.25) is 0 Å². The van der Waals surface area contributed by atoms with Crippen LogP contribution < -0.4 is 20.7 Å². The molecule has 1 aliphatic rings. The van der Waals surface area contributed by atoms with Gasteiger partial charge in [0.15, 0.2) is 23.0 Å². The van der Waals surface area contributed by atoms with Gasteiger partial charge in [-0.05, 0) is 0 Å². The van der Waals surface area contributed by atoms with Crippen LogP contribution in [0.25, 0.3) is 0 Å². The summed E-state index contributed by atoms with van der Waals surface area (Å²) >= 11 is 0. The zero-order valence-electron chi connectivity index (χ0n) is 14.6. The number of anilines is 2. The number of ether oxygens (including phenoxy) is 2. The molecule has 1 fully saturated rings. The average molecular weight is 370 g/mol. The molecule has 0 aliphatic carbocycles. The molecule has 3 heterocycles. The van der Waals surface area contributed by atoms with Crippen molar-refractivity contribution in [1.29, 1.82) is 5.26 Å². The van der Waals surface area contributed by atoms with Crippen molar-refractivity contribution in [1.82, 2.24) is 30.8 Å². The molecular weight excluding hydrogens is 352 g/mol. The number of aromatic nitrogens is 4. The largest absolute Gasteiger partial charge is 0.488 e. The Morgan fingerprint density at radius 2 is 2.30 bits per heavy atom. The third-order valence-electron chi connectivity index (χ3n) is 3.65. The molecule has 1 unspecified atom stereocenters. The highest BCUT2D eigenvalue weighted by molar-refractivity contribution is 5.94. The van der Waals surface area contributed by atoms with Crippen LogP contribution in [0.4, 0.5) is 11.6 Å². The van der Waals surface area contributed by atoms with Gasteiger partial charge in [-0.25, -0.2) is 9.97 Å². The fourth-order valence-corrected chi connectivity index (χ4v) is 2.31. The van der Waals surface area contributed by atoms with Gasteiger partial charge >= 0.3 is 0 Å². The number of hydrogen-bond acceptors (Lipinski definition) is 10. The van der Waals surface area contributed by atoms with E-state index in [2.05, 4.69) is 36.1 Å². The summed E-state index contributed by atoms with van der Waals surface area (Å²) in [5.41, 5.74) is 0.268. The molecule has 0 saturated carbocycles. The van der Waals surface area contributed by atoms with Crippen LogP contribution in [-0.2, 0) is 4.74 Å². The van der Waals surface area contributed by atoms with Crippen LogP contribution in [0.5, 0.6) is 5.75 Å². The van der Waals surface area contributed by atoms with Crippen molar-refractivity contribution in [3.63, 3.8) is 0 Å². The van der Waals surface area contributed by atoms with Gasteiger partial charge in [-0.15, -0.1) is 10.2 Å². The summed E-state index contributed by atoms with van der Waals surface area (Å²) < 4.78 is 11.4. The highest BCUT2D eigenvalue weighted by Crippen LogP contribution is 2.21. The van der Waals surface area contributed by atoms with Crippen LogP contribution in [0.3, 0.4) is 0 Å². The molecule has 3 rings (SSSR count). The molecule has 2 aromatic rings. The van der Waals surface area contributed by atoms with Crippen LogP contribution in [-0.4, -0.2) is 65.5 Å². The predicted octanol–water partition coefficient (Wildman–Crippen LogP) is -0.391.